The molecule has 1 amide bonds. The van der Waals surface area contributed by atoms with Crippen molar-refractivity contribution >= 4 is 11.6 Å². The molecule has 33 heavy (non-hydrogen) atoms. The van der Waals surface area contributed by atoms with Gasteiger partial charge in [0.15, 0.2) is 0 Å². The third kappa shape index (κ3) is 3.90. The van der Waals surface area contributed by atoms with E-state index in [-0.39, 0.29) is 24.2 Å². The van der Waals surface area contributed by atoms with Crippen LogP contribution in [0.5, 0.6) is 0 Å². The molecule has 5 fully saturated rings. The average Bonchev–Trinajstić information content (AvgIpc) is 3.55. The van der Waals surface area contributed by atoms with Crippen molar-refractivity contribution in [3.8, 4) is 6.07 Å². The molecule has 1 saturated carbocycles. The molecule has 5 aliphatic rings. The minimum Gasteiger partial charge on any atom is -0.378 e. The highest BCUT2D eigenvalue weighted by Gasteiger charge is 2.45. The van der Waals surface area contributed by atoms with Crippen LogP contribution in [0.1, 0.15) is 31.2 Å². The van der Waals surface area contributed by atoms with E-state index in [1.165, 1.54) is 6.42 Å². The van der Waals surface area contributed by atoms with E-state index >= 15 is 4.39 Å². The minimum absolute atomic E-state index is 0.129. The maximum Gasteiger partial charge on any atom is 0.238 e. The summed E-state index contributed by atoms with van der Waals surface area (Å²) >= 11 is 0. The number of piperidine rings is 1. The monoisotopic (exact) mass is 453 g/mol. The van der Waals surface area contributed by atoms with Crippen LogP contribution in [0.25, 0.3) is 0 Å². The first-order chi connectivity index (χ1) is 16.1. The van der Waals surface area contributed by atoms with E-state index in [9.17, 15) is 10.1 Å². The molecule has 1 aliphatic carbocycles. The predicted molar refractivity (Wildman–Crippen MR) is 121 cm³/mol. The molecule has 0 spiro atoms. The molecular weight excluding hydrogens is 421 g/mol. The molecule has 0 aromatic heterocycles. The smallest absolute Gasteiger partial charge is 0.238 e. The zero-order valence-electron chi connectivity index (χ0n) is 18.9. The van der Waals surface area contributed by atoms with Gasteiger partial charge >= 0.3 is 0 Å². The molecule has 2 N–H and O–H groups in total. The van der Waals surface area contributed by atoms with Crippen LogP contribution in [0.4, 0.5) is 10.1 Å². The van der Waals surface area contributed by atoms with Gasteiger partial charge in [0.05, 0.1) is 31.4 Å². The van der Waals surface area contributed by atoms with Gasteiger partial charge in [-0.1, -0.05) is 6.07 Å². The zero-order chi connectivity index (χ0) is 22.5. The van der Waals surface area contributed by atoms with E-state index in [2.05, 4.69) is 26.5 Å². The number of carbonyl (C=O) groups is 1. The number of amides is 1. The second-order valence-electron chi connectivity index (χ2n) is 10.5. The van der Waals surface area contributed by atoms with Crippen molar-refractivity contribution in [3.05, 3.63) is 29.6 Å². The fraction of sp³-hybridized carbons (Fsp3) is 0.680. The standard InChI is InChI=1S/C25H32FN5O2/c26-22-9-20(30-11-17-5-6-31(23(17)12-30)21-13-33-14-21)4-2-15(22)7-19(10-27)29-25(32)24-16-1-3-18(8-16)28-24/h2,4,9,16-19,21,23-24,28H,1,3,5-8,11-14H2,(H,29,32)/t16?,17?,18?,19-,23?,24-/m0/s1. The Morgan fingerprint density at radius 3 is 2.82 bits per heavy atom. The summed E-state index contributed by atoms with van der Waals surface area (Å²) in [6.45, 7) is 4.69. The molecule has 4 heterocycles. The van der Waals surface area contributed by atoms with E-state index in [1.54, 1.807) is 12.1 Å². The largest absolute Gasteiger partial charge is 0.378 e. The topological polar surface area (TPSA) is 80.6 Å². The zero-order valence-corrected chi connectivity index (χ0v) is 18.9. The van der Waals surface area contributed by atoms with Gasteiger partial charge in [0, 0.05) is 37.3 Å². The average molecular weight is 454 g/mol. The van der Waals surface area contributed by atoms with Gasteiger partial charge in [-0.15, -0.1) is 0 Å². The van der Waals surface area contributed by atoms with Crippen molar-refractivity contribution in [2.75, 3.05) is 37.7 Å². The molecule has 2 bridgehead atoms. The normalized spacial score (nSPS) is 34.2. The Morgan fingerprint density at radius 2 is 2.15 bits per heavy atom. The number of hydrogen-bond donors (Lipinski definition) is 2. The number of nitrogens with one attached hydrogen (secondary N) is 2. The number of carbonyl (C=O) groups excluding carboxylic acids is 1. The third-order valence-corrected chi connectivity index (χ3v) is 8.62. The van der Waals surface area contributed by atoms with Crippen molar-refractivity contribution in [1.29, 1.82) is 5.26 Å². The van der Waals surface area contributed by atoms with Crippen LogP contribution >= 0.6 is 0 Å². The molecule has 6 atom stereocenters. The number of nitrogens with zero attached hydrogens (tertiary/aromatic N) is 3. The van der Waals surface area contributed by atoms with Gasteiger partial charge in [0.25, 0.3) is 0 Å². The number of ether oxygens (including phenoxy) is 1. The summed E-state index contributed by atoms with van der Waals surface area (Å²) in [6.07, 6.45) is 4.59. The Hall–Kier alpha value is -2.21. The van der Waals surface area contributed by atoms with E-state index in [0.29, 0.717) is 35.5 Å². The highest BCUT2D eigenvalue weighted by molar-refractivity contribution is 5.83. The molecule has 4 aliphatic heterocycles. The quantitative estimate of drug-likeness (QED) is 0.678. The van der Waals surface area contributed by atoms with Crippen LogP contribution in [0.3, 0.4) is 0 Å². The molecule has 4 unspecified atom stereocenters. The van der Waals surface area contributed by atoms with Crippen LogP contribution in [-0.2, 0) is 16.0 Å². The predicted octanol–water partition coefficient (Wildman–Crippen LogP) is 1.43. The summed E-state index contributed by atoms with van der Waals surface area (Å²) in [5, 5.41) is 15.8. The highest BCUT2D eigenvalue weighted by atomic mass is 19.1. The summed E-state index contributed by atoms with van der Waals surface area (Å²) in [5.74, 6) is 0.557. The summed E-state index contributed by atoms with van der Waals surface area (Å²) in [7, 11) is 0. The number of likely N-dealkylation sites (tertiary alicyclic amines) is 1. The molecule has 4 saturated heterocycles. The molecule has 176 valence electrons. The van der Waals surface area contributed by atoms with Crippen LogP contribution in [0.15, 0.2) is 18.2 Å². The summed E-state index contributed by atoms with van der Waals surface area (Å²) in [5.41, 5.74) is 1.37. The minimum atomic E-state index is -0.733. The number of benzene rings is 1. The fourth-order valence-corrected chi connectivity index (χ4v) is 6.73. The number of halogens is 1. The summed E-state index contributed by atoms with van der Waals surface area (Å²) < 4.78 is 20.4. The Labute approximate surface area is 194 Å². The lowest BCUT2D eigenvalue weighted by Gasteiger charge is -2.38. The van der Waals surface area contributed by atoms with Crippen LogP contribution in [-0.4, -0.2) is 73.9 Å². The van der Waals surface area contributed by atoms with Gasteiger partial charge in [0.1, 0.15) is 11.9 Å². The molecule has 0 radical (unpaired) electrons. The summed E-state index contributed by atoms with van der Waals surface area (Å²) in [6, 6.07) is 8.04. The molecular formula is C25H32FN5O2. The third-order valence-electron chi connectivity index (χ3n) is 8.62. The number of hydrogen-bond acceptors (Lipinski definition) is 6. The highest BCUT2D eigenvalue weighted by Crippen LogP contribution is 2.37. The van der Waals surface area contributed by atoms with Crippen molar-refractivity contribution in [3.63, 3.8) is 0 Å². The number of anilines is 1. The lowest BCUT2D eigenvalue weighted by atomic mass is 9.98. The first kappa shape index (κ1) is 21.3. The fourth-order valence-electron chi connectivity index (χ4n) is 6.73. The van der Waals surface area contributed by atoms with Gasteiger partial charge in [-0.05, 0) is 61.8 Å². The number of rotatable bonds is 6. The van der Waals surface area contributed by atoms with Gasteiger partial charge in [-0.2, -0.15) is 5.26 Å². The van der Waals surface area contributed by atoms with Crippen molar-refractivity contribution < 1.29 is 13.9 Å². The van der Waals surface area contributed by atoms with Crippen molar-refractivity contribution in [2.24, 2.45) is 11.8 Å². The Morgan fingerprint density at radius 1 is 1.27 bits per heavy atom. The summed E-state index contributed by atoms with van der Waals surface area (Å²) in [4.78, 5) is 17.5. The van der Waals surface area contributed by atoms with Crippen LogP contribution in [0.2, 0.25) is 0 Å². The van der Waals surface area contributed by atoms with E-state index in [4.69, 9.17) is 4.74 Å². The Kier molecular flexibility index (Phi) is 5.52. The first-order valence-corrected chi connectivity index (χ1v) is 12.4. The lowest BCUT2D eigenvalue weighted by Crippen LogP contribution is -2.52. The number of fused-ring (bicyclic) bond motifs is 3. The lowest BCUT2D eigenvalue weighted by molar-refractivity contribution is -0.124. The molecule has 7 nitrogen and oxygen atoms in total. The van der Waals surface area contributed by atoms with E-state index in [0.717, 1.165) is 57.8 Å². The molecule has 1 aromatic carbocycles. The van der Waals surface area contributed by atoms with Gasteiger partial charge in [-0.25, -0.2) is 4.39 Å². The maximum absolute atomic E-state index is 15.0. The molecule has 8 heteroatoms. The van der Waals surface area contributed by atoms with Crippen molar-refractivity contribution in [2.45, 2.75) is 62.3 Å². The second kappa shape index (κ2) is 8.53. The van der Waals surface area contributed by atoms with Gasteiger partial charge < -0.3 is 20.3 Å². The van der Waals surface area contributed by atoms with E-state index < -0.39 is 6.04 Å². The van der Waals surface area contributed by atoms with Crippen molar-refractivity contribution in [1.82, 2.24) is 15.5 Å². The Balaban J connectivity index is 1.08. The molecule has 6 rings (SSSR count). The molecule has 1 aromatic rings. The second-order valence-corrected chi connectivity index (χ2v) is 10.5. The SMILES string of the molecule is N#C[C@H](Cc1ccc(N2CC3CCN(C4COC4)C3C2)cc1F)NC(=O)[C@H]1NC2CCC1C2. The Bertz CT molecular complexity index is 963. The van der Waals surface area contributed by atoms with Crippen LogP contribution < -0.4 is 15.5 Å². The van der Waals surface area contributed by atoms with Gasteiger partial charge in [0.2, 0.25) is 5.91 Å². The van der Waals surface area contributed by atoms with Crippen LogP contribution in [0, 0.1) is 29.0 Å². The van der Waals surface area contributed by atoms with Gasteiger partial charge in [-0.3, -0.25) is 9.69 Å². The maximum atomic E-state index is 15.0. The van der Waals surface area contributed by atoms with E-state index in [1.807, 2.05) is 6.07 Å². The number of nitriles is 1. The first-order valence-electron chi connectivity index (χ1n) is 12.4.